The van der Waals surface area contributed by atoms with Crippen LogP contribution < -0.4 is 0 Å². The average Bonchev–Trinajstić information content (AvgIpc) is 2.63. The van der Waals surface area contributed by atoms with Crippen LogP contribution in [0, 0.1) is 13.5 Å². The summed E-state index contributed by atoms with van der Waals surface area (Å²) in [5, 5.41) is 10.5. The summed E-state index contributed by atoms with van der Waals surface area (Å²) in [6, 6.07) is 0. The summed E-state index contributed by atoms with van der Waals surface area (Å²) in [5.74, 6) is 0. The molecule has 0 aliphatic heterocycles. The molecule has 0 spiro atoms. The van der Waals surface area contributed by atoms with Gasteiger partial charge in [0.15, 0.2) is 0 Å². The normalized spacial score (nSPS) is 8.88. The smallest absolute Gasteiger partial charge is 0.668 e. The maximum Gasteiger partial charge on any atom is 3.00 e. The molecule has 0 aromatic rings. The predicted molar refractivity (Wildman–Crippen MR) is 73.6 cm³/mol. The summed E-state index contributed by atoms with van der Waals surface area (Å²) in [6.07, 6.45) is 10.0. The van der Waals surface area contributed by atoms with E-state index in [4.69, 9.17) is 0 Å². The van der Waals surface area contributed by atoms with Gasteiger partial charge in [0.1, 0.15) is 0 Å². The summed E-state index contributed by atoms with van der Waals surface area (Å²) >= 11 is 0. The molecule has 1 rings (SSSR count). The minimum atomic E-state index is 0. The summed E-state index contributed by atoms with van der Waals surface area (Å²) < 4.78 is 0. The van der Waals surface area contributed by atoms with E-state index in [9.17, 15) is 0 Å². The molecule has 1 radical (unpaired) electrons. The van der Waals surface area contributed by atoms with Gasteiger partial charge in [-0.25, -0.2) is 12.2 Å². The second-order valence-corrected chi connectivity index (χ2v) is 2.34. The quantitative estimate of drug-likeness (QED) is 0.614. The molecule has 0 unspecified atom stereocenters. The molecule has 95 valence electrons. The number of rotatable bonds is 0. The number of hydrogen-bond acceptors (Lipinski definition) is 0. The Hall–Kier alpha value is 0.243. The van der Waals surface area contributed by atoms with E-state index in [0.29, 0.717) is 0 Å². The third-order valence-electron chi connectivity index (χ3n) is 0.586. The molecule has 16 heavy (non-hydrogen) atoms. The molecule has 3 nitrogen and oxygen atoms in total. The maximum absolute atomic E-state index is 3.50. The first-order valence-corrected chi connectivity index (χ1v) is 4.40. The zero-order valence-electron chi connectivity index (χ0n) is 11.8. The molecule has 0 aromatic heterocycles. The molecular weight excluding hydrogens is 277 g/mol. The zero-order chi connectivity index (χ0) is 11.7. The van der Waals surface area contributed by atoms with Crippen LogP contribution in [0.15, 0.2) is 18.2 Å². The van der Waals surface area contributed by atoms with Crippen LogP contribution in [0.3, 0.4) is 0 Å². The van der Waals surface area contributed by atoms with Crippen LogP contribution in [0.5, 0.6) is 0 Å². The molecule has 1 aliphatic rings. The van der Waals surface area contributed by atoms with Crippen molar-refractivity contribution in [2.45, 2.75) is 6.42 Å². The van der Waals surface area contributed by atoms with Gasteiger partial charge in [-0.2, -0.15) is 48.4 Å². The monoisotopic (exact) mass is 302 g/mol. The third kappa shape index (κ3) is 90.9. The molecule has 0 saturated heterocycles. The van der Waals surface area contributed by atoms with Crippen molar-refractivity contribution in [3.05, 3.63) is 47.7 Å². The van der Waals surface area contributed by atoms with Gasteiger partial charge in [0, 0.05) is 0 Å². The van der Waals surface area contributed by atoms with Gasteiger partial charge >= 0.3 is 26.2 Å². The van der Waals surface area contributed by atoms with Crippen LogP contribution in [-0.2, 0) is 26.2 Å². The van der Waals surface area contributed by atoms with E-state index in [-0.39, 0.29) is 33.6 Å². The van der Waals surface area contributed by atoms with Gasteiger partial charge in [-0.3, -0.25) is 6.08 Å². The fourth-order valence-electron chi connectivity index (χ4n) is 0.340. The second-order valence-electron chi connectivity index (χ2n) is 2.34. The average molecular weight is 304 g/mol. The Morgan fingerprint density at radius 2 is 1.19 bits per heavy atom. The van der Waals surface area contributed by atoms with Crippen molar-refractivity contribution in [3.8, 4) is 0 Å². The molecule has 0 N–H and O–H groups in total. The standard InChI is InChI=1S/C5H5.3C2H6N.CH3.Zr/c1-2-4-5-3-1;3*1-3-2;;/h1-3H,4H2;3*1-2H3;1H3;/q5*-1;+3. The maximum atomic E-state index is 3.50. The molecule has 0 aromatic carbocycles. The first-order valence-electron chi connectivity index (χ1n) is 4.40. The summed E-state index contributed by atoms with van der Waals surface area (Å²) in [6.45, 7) is 0. The SMILES string of the molecule is C[N-]C.C[N-]C.C[N-]C.[C-]1=CC=CC1.[CH3-].[Zr+3]. The zero-order valence-corrected chi connectivity index (χ0v) is 14.2. The Bertz CT molecular complexity index is 100. The largest absolute Gasteiger partial charge is 3.00 e. The fourth-order valence-corrected chi connectivity index (χ4v) is 0.340. The van der Waals surface area contributed by atoms with Crippen molar-refractivity contribution < 1.29 is 26.2 Å². The topological polar surface area (TPSA) is 42.3 Å². The van der Waals surface area contributed by atoms with Gasteiger partial charge in [-0.05, 0) is 0 Å². The van der Waals surface area contributed by atoms with Crippen LogP contribution in [0.2, 0.25) is 0 Å². The fraction of sp³-hybridized carbons (Fsp3) is 0.583. The molecule has 0 fully saturated rings. The van der Waals surface area contributed by atoms with Gasteiger partial charge in [-0.1, -0.05) is 0 Å². The molecule has 1 aliphatic carbocycles. The molecular formula is C12H26N3Zr-2. The minimum Gasteiger partial charge on any atom is -0.668 e. The van der Waals surface area contributed by atoms with Gasteiger partial charge in [-0.15, -0.1) is 6.42 Å². The van der Waals surface area contributed by atoms with Gasteiger partial charge < -0.3 is 23.4 Å². The van der Waals surface area contributed by atoms with Crippen LogP contribution >= 0.6 is 0 Å². The van der Waals surface area contributed by atoms with Crippen molar-refractivity contribution in [2.24, 2.45) is 0 Å². The second kappa shape index (κ2) is 45.5. The molecule has 0 heterocycles. The van der Waals surface area contributed by atoms with Crippen molar-refractivity contribution in [2.75, 3.05) is 42.3 Å². The Labute approximate surface area is 122 Å². The van der Waals surface area contributed by atoms with E-state index in [1.165, 1.54) is 0 Å². The predicted octanol–water partition coefficient (Wildman–Crippen LogP) is 3.61. The van der Waals surface area contributed by atoms with E-state index >= 15 is 0 Å². The first-order chi connectivity index (χ1) is 6.74. The molecule has 0 saturated carbocycles. The van der Waals surface area contributed by atoms with Crippen LogP contribution in [0.1, 0.15) is 6.42 Å². The van der Waals surface area contributed by atoms with Crippen LogP contribution in [-0.4, -0.2) is 42.3 Å². The number of allylic oxidation sites excluding steroid dienone is 4. The van der Waals surface area contributed by atoms with E-state index in [0.717, 1.165) is 6.42 Å². The van der Waals surface area contributed by atoms with Crippen molar-refractivity contribution in [3.63, 3.8) is 0 Å². The van der Waals surface area contributed by atoms with E-state index in [1.807, 2.05) is 12.2 Å². The Morgan fingerprint density at radius 1 is 0.875 bits per heavy atom. The third-order valence-corrected chi connectivity index (χ3v) is 0.586. The van der Waals surface area contributed by atoms with Crippen molar-refractivity contribution in [1.82, 2.24) is 0 Å². The summed E-state index contributed by atoms with van der Waals surface area (Å²) in [7, 11) is 10.5. The number of nitrogens with zero attached hydrogens (tertiary/aromatic N) is 3. The van der Waals surface area contributed by atoms with E-state index < -0.39 is 0 Å². The Morgan fingerprint density at radius 3 is 1.25 bits per heavy atom. The van der Waals surface area contributed by atoms with Gasteiger partial charge in [0.2, 0.25) is 0 Å². The van der Waals surface area contributed by atoms with Crippen LogP contribution in [0.25, 0.3) is 16.0 Å². The summed E-state index contributed by atoms with van der Waals surface area (Å²) in [5.41, 5.74) is 0. The van der Waals surface area contributed by atoms with Crippen LogP contribution in [0.4, 0.5) is 0 Å². The van der Waals surface area contributed by atoms with Crippen molar-refractivity contribution in [1.29, 1.82) is 0 Å². The molecule has 0 bridgehead atoms. The first kappa shape index (κ1) is 29.9. The molecule has 0 atom stereocenters. The Kier molecular flexibility index (Phi) is 84.9. The Balaban J connectivity index is -0.0000000336. The minimum absolute atomic E-state index is 0. The van der Waals surface area contributed by atoms with Gasteiger partial charge in [0.05, 0.1) is 0 Å². The van der Waals surface area contributed by atoms with E-state index in [2.05, 4.69) is 28.1 Å². The van der Waals surface area contributed by atoms with Crippen molar-refractivity contribution >= 4 is 0 Å². The molecule has 4 heteroatoms. The molecule has 0 amide bonds. The number of hydrogen-bond donors (Lipinski definition) is 0. The summed E-state index contributed by atoms with van der Waals surface area (Å²) in [4.78, 5) is 0. The van der Waals surface area contributed by atoms with E-state index in [1.54, 1.807) is 42.3 Å². The van der Waals surface area contributed by atoms with Gasteiger partial charge in [0.25, 0.3) is 0 Å².